The molecule has 1 saturated carbocycles. The minimum absolute atomic E-state index is 0.0571. The largest absolute Gasteiger partial charge is 0.490 e. The van der Waals surface area contributed by atoms with Crippen molar-refractivity contribution >= 4 is 17.3 Å². The van der Waals surface area contributed by atoms with Gasteiger partial charge in [0.15, 0.2) is 5.69 Å². The van der Waals surface area contributed by atoms with Gasteiger partial charge in [-0.2, -0.15) is 18.4 Å². The lowest BCUT2D eigenvalue weighted by Crippen LogP contribution is -2.54. The lowest BCUT2D eigenvalue weighted by atomic mass is 9.75. The number of ether oxygens (including phenoxy) is 1. The zero-order chi connectivity index (χ0) is 26.7. The summed E-state index contributed by atoms with van der Waals surface area (Å²) in [4.78, 5) is 22.9. The number of nitriles is 1. The molecule has 0 bridgehead atoms. The fourth-order valence-corrected chi connectivity index (χ4v) is 6.42. The fraction of sp³-hybridized carbons (Fsp3) is 0.464. The summed E-state index contributed by atoms with van der Waals surface area (Å²) in [7, 11) is 0. The van der Waals surface area contributed by atoms with Crippen molar-refractivity contribution < 1.29 is 22.7 Å². The van der Waals surface area contributed by atoms with Crippen LogP contribution >= 0.6 is 0 Å². The molecule has 4 aliphatic rings. The van der Waals surface area contributed by atoms with Crippen LogP contribution in [-0.4, -0.2) is 46.6 Å². The van der Waals surface area contributed by atoms with E-state index in [1.54, 1.807) is 0 Å². The Morgan fingerprint density at radius 2 is 1.87 bits per heavy atom. The molecule has 0 N–H and O–H groups in total. The van der Waals surface area contributed by atoms with Gasteiger partial charge in [-0.05, 0) is 81.8 Å². The number of rotatable bonds is 4. The van der Waals surface area contributed by atoms with Crippen molar-refractivity contribution in [2.24, 2.45) is 0 Å². The molecule has 1 amide bonds. The van der Waals surface area contributed by atoms with Crippen molar-refractivity contribution in [2.75, 3.05) is 22.9 Å². The van der Waals surface area contributed by atoms with Gasteiger partial charge in [0.05, 0.1) is 17.4 Å². The van der Waals surface area contributed by atoms with Crippen molar-refractivity contribution in [3.05, 3.63) is 60.2 Å². The number of alkyl halides is 3. The molecule has 3 saturated heterocycles. The van der Waals surface area contributed by atoms with Gasteiger partial charge in [-0.25, -0.2) is 4.98 Å². The Morgan fingerprint density at radius 1 is 1.11 bits per heavy atom. The monoisotopic (exact) mass is 523 g/mol. The highest BCUT2D eigenvalue weighted by Crippen LogP contribution is 2.51. The molecular weight excluding hydrogens is 495 g/mol. The number of halogens is 3. The quantitative estimate of drug-likeness (QED) is 0.547. The Labute approximate surface area is 219 Å². The lowest BCUT2D eigenvalue weighted by molar-refractivity contribution is -0.138. The minimum Gasteiger partial charge on any atom is -0.490 e. The summed E-state index contributed by atoms with van der Waals surface area (Å²) in [6.07, 6.45) is 2.96. The second-order valence-electron chi connectivity index (χ2n) is 10.6. The number of piperidine rings is 1. The molecule has 6 rings (SSSR count). The molecular formula is C28H28F3N5O2. The first-order valence-electron chi connectivity index (χ1n) is 13.0. The minimum atomic E-state index is -4.78. The van der Waals surface area contributed by atoms with Gasteiger partial charge in [-0.1, -0.05) is 6.58 Å². The van der Waals surface area contributed by atoms with E-state index >= 15 is 0 Å². The number of nitrogens with zero attached hydrogens (tertiary/aromatic N) is 5. The van der Waals surface area contributed by atoms with Crippen molar-refractivity contribution in [1.29, 1.82) is 5.26 Å². The van der Waals surface area contributed by atoms with Crippen molar-refractivity contribution in [1.82, 2.24) is 9.88 Å². The van der Waals surface area contributed by atoms with E-state index in [1.165, 1.54) is 30.4 Å². The van der Waals surface area contributed by atoms with Gasteiger partial charge in [0.2, 0.25) is 0 Å². The molecule has 1 aromatic heterocycles. The molecule has 1 spiro atoms. The van der Waals surface area contributed by atoms with Gasteiger partial charge >= 0.3 is 6.18 Å². The van der Waals surface area contributed by atoms with Crippen LogP contribution in [0.15, 0.2) is 48.9 Å². The predicted octanol–water partition coefficient (Wildman–Crippen LogP) is 5.22. The van der Waals surface area contributed by atoms with E-state index in [1.807, 2.05) is 29.2 Å². The number of anilines is 2. The van der Waals surface area contributed by atoms with Crippen molar-refractivity contribution in [3.8, 4) is 11.8 Å². The molecule has 2 unspecified atom stereocenters. The van der Waals surface area contributed by atoms with Gasteiger partial charge in [0, 0.05) is 18.3 Å². The van der Waals surface area contributed by atoms with Crippen LogP contribution < -0.4 is 14.5 Å². The van der Waals surface area contributed by atoms with Crippen LogP contribution in [0.4, 0.5) is 24.5 Å². The maximum Gasteiger partial charge on any atom is 0.419 e. The molecule has 0 radical (unpaired) electrons. The Balaban J connectivity index is 1.26. The molecule has 2 atom stereocenters. The van der Waals surface area contributed by atoms with Gasteiger partial charge in [0.25, 0.3) is 5.91 Å². The van der Waals surface area contributed by atoms with E-state index < -0.39 is 23.0 Å². The van der Waals surface area contributed by atoms with E-state index in [-0.39, 0.29) is 23.5 Å². The van der Waals surface area contributed by atoms with Gasteiger partial charge < -0.3 is 14.5 Å². The number of pyridine rings is 1. The smallest absolute Gasteiger partial charge is 0.419 e. The Morgan fingerprint density at radius 3 is 2.53 bits per heavy atom. The zero-order valence-electron chi connectivity index (χ0n) is 20.9. The molecule has 2 aromatic rings. The van der Waals surface area contributed by atoms with Gasteiger partial charge in [-0.15, -0.1) is 0 Å². The second kappa shape index (κ2) is 9.02. The van der Waals surface area contributed by atoms with Crippen LogP contribution in [0.25, 0.3) is 0 Å². The van der Waals surface area contributed by atoms with E-state index in [9.17, 15) is 18.0 Å². The highest BCUT2D eigenvalue weighted by Gasteiger charge is 2.59. The van der Waals surface area contributed by atoms with Crippen molar-refractivity contribution in [2.45, 2.75) is 68.8 Å². The van der Waals surface area contributed by atoms with Gasteiger partial charge in [-0.3, -0.25) is 9.69 Å². The van der Waals surface area contributed by atoms with E-state index in [0.29, 0.717) is 18.9 Å². The number of fused-ring (bicyclic) bond motifs is 1. The summed E-state index contributed by atoms with van der Waals surface area (Å²) in [6.45, 7) is 6.34. The van der Waals surface area contributed by atoms with Crippen LogP contribution in [0.3, 0.4) is 0 Å². The lowest BCUT2D eigenvalue weighted by Gasteiger charge is -2.43. The number of hydrogen-bond acceptors (Lipinski definition) is 6. The number of hydrogen-bond donors (Lipinski definition) is 0. The Hall–Kier alpha value is -3.58. The number of benzene rings is 1. The third-order valence-corrected chi connectivity index (χ3v) is 8.44. The summed E-state index contributed by atoms with van der Waals surface area (Å²) in [6, 6.07) is 10.4. The summed E-state index contributed by atoms with van der Waals surface area (Å²) < 4.78 is 47.1. The molecule has 10 heteroatoms. The molecule has 1 aliphatic carbocycles. The van der Waals surface area contributed by atoms with Crippen LogP contribution in [0.5, 0.6) is 5.75 Å². The maximum absolute atomic E-state index is 13.7. The maximum atomic E-state index is 13.7. The number of amides is 1. The summed E-state index contributed by atoms with van der Waals surface area (Å²) >= 11 is 0. The molecule has 198 valence electrons. The van der Waals surface area contributed by atoms with E-state index in [2.05, 4.69) is 16.5 Å². The first-order valence-corrected chi connectivity index (χ1v) is 13.0. The van der Waals surface area contributed by atoms with Gasteiger partial charge in [0.1, 0.15) is 29.3 Å². The van der Waals surface area contributed by atoms with Crippen molar-refractivity contribution in [3.63, 3.8) is 0 Å². The normalized spacial score (nSPS) is 24.9. The fourth-order valence-electron chi connectivity index (χ4n) is 6.42. The van der Waals surface area contributed by atoms with Crippen LogP contribution in [0.2, 0.25) is 0 Å². The average molecular weight is 524 g/mol. The van der Waals surface area contributed by atoms with Crippen LogP contribution in [0, 0.1) is 11.3 Å². The Kier molecular flexibility index (Phi) is 5.87. The molecule has 4 heterocycles. The number of aromatic nitrogens is 1. The first kappa shape index (κ1) is 24.7. The molecule has 7 nitrogen and oxygen atoms in total. The highest BCUT2D eigenvalue weighted by atomic mass is 19.4. The summed E-state index contributed by atoms with van der Waals surface area (Å²) in [5, 5.41) is 9.10. The molecule has 38 heavy (non-hydrogen) atoms. The molecule has 3 aliphatic heterocycles. The SMILES string of the molecule is C=C1N(c2cnc(C#N)c(C(F)(F)F)c2)C(=O)C2(CCC2)N1c1ccc(OC2CCN3CCCC3C2)cc1. The standard InChI is InChI=1S/C28H28F3N5O2/c1-18-35(21-15-24(28(29,30)31)25(16-32)33-17-21)26(37)27(10-3-11-27)36(18)19-5-7-22(8-6-19)38-23-9-13-34-12-2-4-20(34)14-23/h5-8,15,17,20,23H,1-4,9-14H2. The van der Waals surface area contributed by atoms with E-state index in [0.717, 1.165) is 49.5 Å². The molecule has 4 fully saturated rings. The summed E-state index contributed by atoms with van der Waals surface area (Å²) in [5.41, 5.74) is -2.15. The second-order valence-corrected chi connectivity index (χ2v) is 10.6. The molecule has 1 aromatic carbocycles. The Bertz CT molecular complexity index is 1320. The average Bonchev–Trinajstić information content (AvgIpc) is 3.43. The highest BCUT2D eigenvalue weighted by molar-refractivity contribution is 6.10. The third-order valence-electron chi connectivity index (χ3n) is 8.44. The van der Waals surface area contributed by atoms with Crippen LogP contribution in [-0.2, 0) is 11.0 Å². The predicted molar refractivity (Wildman–Crippen MR) is 134 cm³/mol. The topological polar surface area (TPSA) is 72.7 Å². The third kappa shape index (κ3) is 3.91. The first-order chi connectivity index (χ1) is 18.2. The van der Waals surface area contributed by atoms with E-state index in [4.69, 9.17) is 10.00 Å². The number of carbonyl (C=O) groups is 1. The van der Waals surface area contributed by atoms with Crippen LogP contribution in [0.1, 0.15) is 56.2 Å². The zero-order valence-corrected chi connectivity index (χ0v) is 20.9. The summed E-state index contributed by atoms with van der Waals surface area (Å²) in [5.74, 6) is 0.681. The number of carbonyl (C=O) groups excluding carboxylic acids is 1.